The molecule has 1 aromatic carbocycles. The molecule has 0 spiro atoms. The second kappa shape index (κ2) is 8.35. The molecule has 4 aromatic rings. The second-order valence-electron chi connectivity index (χ2n) is 8.77. The number of carbonyl (C=O) groups is 1. The number of piperazine rings is 1. The number of hydrogen-bond donors (Lipinski definition) is 0. The number of likely N-dealkylation sites (N-methyl/N-ethyl adjacent to an activating group) is 1. The van der Waals surface area contributed by atoms with Crippen molar-refractivity contribution in [3.63, 3.8) is 0 Å². The fourth-order valence-electron chi connectivity index (χ4n) is 4.38. The summed E-state index contributed by atoms with van der Waals surface area (Å²) in [5.74, 6) is -3.34. The summed E-state index contributed by atoms with van der Waals surface area (Å²) in [5, 5.41) is 12.1. The van der Waals surface area contributed by atoms with E-state index in [2.05, 4.69) is 20.2 Å². The van der Waals surface area contributed by atoms with Crippen LogP contribution in [0.25, 0.3) is 16.2 Å². The van der Waals surface area contributed by atoms with Crippen molar-refractivity contribution in [2.45, 2.75) is 12.3 Å². The molecule has 6 rings (SSSR count). The Hall–Kier alpha value is -3.44. The molecule has 35 heavy (non-hydrogen) atoms. The van der Waals surface area contributed by atoms with Gasteiger partial charge in [0, 0.05) is 38.2 Å². The lowest BCUT2D eigenvalue weighted by Gasteiger charge is -2.32. The van der Waals surface area contributed by atoms with Gasteiger partial charge in [-0.1, -0.05) is 0 Å². The molecule has 1 fully saturated rings. The zero-order valence-corrected chi connectivity index (χ0v) is 19.8. The second-order valence-corrected chi connectivity index (χ2v) is 9.85. The molecule has 2 aliphatic heterocycles. The molecule has 2 aliphatic rings. The van der Waals surface area contributed by atoms with Gasteiger partial charge in [0.25, 0.3) is 5.91 Å². The molecule has 0 saturated carbocycles. The van der Waals surface area contributed by atoms with Gasteiger partial charge in [-0.25, -0.2) is 0 Å². The number of fused-ring (bicyclic) bond motifs is 2. The summed E-state index contributed by atoms with van der Waals surface area (Å²) >= 11 is 1.30. The van der Waals surface area contributed by atoms with E-state index in [1.165, 1.54) is 23.5 Å². The highest BCUT2D eigenvalue weighted by molar-refractivity contribution is 7.17. The van der Waals surface area contributed by atoms with Crippen molar-refractivity contribution < 1.29 is 18.3 Å². The molecule has 0 N–H and O–H groups in total. The van der Waals surface area contributed by atoms with Crippen LogP contribution < -0.4 is 4.74 Å². The standard InChI is InChI=1S/C24H22F2N6O2S/c1-30-9-11-31(12-10-30)22(33)20-6-5-19(35-20)17-3-7-21-27-28-23(32(21)29-17)24(25,26)16-2-4-18-15(14-16)8-13-34-18/h2-7,14H,8-13H2,1H3. The highest BCUT2D eigenvalue weighted by atomic mass is 32.1. The van der Waals surface area contributed by atoms with Crippen LogP contribution >= 0.6 is 11.3 Å². The largest absolute Gasteiger partial charge is 0.493 e. The lowest BCUT2D eigenvalue weighted by atomic mass is 10.0. The van der Waals surface area contributed by atoms with Crippen LogP contribution in [0.2, 0.25) is 0 Å². The number of hydrogen-bond acceptors (Lipinski definition) is 7. The molecule has 11 heteroatoms. The van der Waals surface area contributed by atoms with E-state index in [1.807, 2.05) is 11.9 Å². The average Bonchev–Trinajstić information content (AvgIpc) is 3.62. The molecule has 5 heterocycles. The van der Waals surface area contributed by atoms with Crippen LogP contribution in [0, 0.1) is 0 Å². The predicted molar refractivity (Wildman–Crippen MR) is 126 cm³/mol. The molecule has 3 aromatic heterocycles. The van der Waals surface area contributed by atoms with Crippen molar-refractivity contribution in [3.05, 3.63) is 64.3 Å². The SMILES string of the molecule is CN1CCN(C(=O)c2ccc(-c3ccc4nnc(C(F)(F)c5ccc6c(c5)CCO6)n4n3)s2)CC1. The maximum atomic E-state index is 15.5. The van der Waals surface area contributed by atoms with Gasteiger partial charge in [-0.3, -0.25) is 4.79 Å². The Balaban J connectivity index is 1.31. The number of amides is 1. The van der Waals surface area contributed by atoms with E-state index in [0.29, 0.717) is 47.3 Å². The summed E-state index contributed by atoms with van der Waals surface area (Å²) in [6.07, 6.45) is 0.593. The molecule has 0 bridgehead atoms. The average molecular weight is 497 g/mol. The van der Waals surface area contributed by atoms with Crippen LogP contribution in [0.3, 0.4) is 0 Å². The highest BCUT2D eigenvalue weighted by Crippen LogP contribution is 2.38. The first kappa shape index (κ1) is 22.1. The summed E-state index contributed by atoms with van der Waals surface area (Å²) in [6.45, 7) is 3.53. The Bertz CT molecular complexity index is 1430. The minimum absolute atomic E-state index is 0.0208. The summed E-state index contributed by atoms with van der Waals surface area (Å²) in [6, 6.07) is 11.2. The van der Waals surface area contributed by atoms with Crippen LogP contribution in [0.15, 0.2) is 42.5 Å². The van der Waals surface area contributed by atoms with Crippen molar-refractivity contribution in [2.24, 2.45) is 0 Å². The fourth-order valence-corrected chi connectivity index (χ4v) is 5.32. The zero-order chi connectivity index (χ0) is 24.2. The minimum Gasteiger partial charge on any atom is -0.493 e. The molecule has 0 aliphatic carbocycles. The van der Waals surface area contributed by atoms with Gasteiger partial charge in [0.1, 0.15) is 11.4 Å². The van der Waals surface area contributed by atoms with E-state index in [0.717, 1.165) is 23.2 Å². The third-order valence-corrected chi connectivity index (χ3v) is 7.55. The monoisotopic (exact) mass is 496 g/mol. The molecule has 1 saturated heterocycles. The quantitative estimate of drug-likeness (QED) is 0.432. The number of halogens is 2. The number of nitrogens with zero attached hydrogens (tertiary/aromatic N) is 6. The maximum Gasteiger partial charge on any atom is 0.333 e. The maximum absolute atomic E-state index is 15.5. The molecule has 0 radical (unpaired) electrons. The van der Waals surface area contributed by atoms with Gasteiger partial charge in [-0.05, 0) is 55.1 Å². The fraction of sp³-hybridized carbons (Fsp3) is 0.333. The summed E-state index contributed by atoms with van der Waals surface area (Å²) in [4.78, 5) is 18.2. The van der Waals surface area contributed by atoms with Crippen LogP contribution in [0.1, 0.15) is 26.6 Å². The Kier molecular flexibility index (Phi) is 5.26. The molecule has 8 nitrogen and oxygen atoms in total. The lowest BCUT2D eigenvalue weighted by Crippen LogP contribution is -2.46. The normalized spacial score (nSPS) is 16.5. The van der Waals surface area contributed by atoms with Gasteiger partial charge >= 0.3 is 5.92 Å². The van der Waals surface area contributed by atoms with Crippen molar-refractivity contribution in [1.29, 1.82) is 0 Å². The van der Waals surface area contributed by atoms with E-state index < -0.39 is 11.7 Å². The molecule has 0 unspecified atom stereocenters. The number of aromatic nitrogens is 4. The van der Waals surface area contributed by atoms with E-state index in [9.17, 15) is 4.79 Å². The van der Waals surface area contributed by atoms with Gasteiger partial charge in [-0.15, -0.1) is 21.5 Å². The van der Waals surface area contributed by atoms with Gasteiger partial charge < -0.3 is 14.5 Å². The third kappa shape index (κ3) is 3.84. The van der Waals surface area contributed by atoms with Crippen LogP contribution in [-0.2, 0) is 12.3 Å². The van der Waals surface area contributed by atoms with Crippen molar-refractivity contribution >= 4 is 22.9 Å². The number of benzene rings is 1. The number of rotatable bonds is 4. The van der Waals surface area contributed by atoms with Gasteiger partial charge in [0.15, 0.2) is 5.65 Å². The van der Waals surface area contributed by atoms with Crippen LogP contribution in [0.4, 0.5) is 8.78 Å². The predicted octanol–water partition coefficient (Wildman–Crippen LogP) is 3.32. The Labute approximate surface area is 203 Å². The van der Waals surface area contributed by atoms with Gasteiger partial charge in [-0.2, -0.15) is 18.4 Å². The molecule has 0 atom stereocenters. The van der Waals surface area contributed by atoms with E-state index >= 15 is 8.78 Å². The number of ether oxygens (including phenoxy) is 1. The number of alkyl halides is 2. The van der Waals surface area contributed by atoms with E-state index in [-0.39, 0.29) is 17.1 Å². The Morgan fingerprint density at radius 3 is 2.71 bits per heavy atom. The van der Waals surface area contributed by atoms with E-state index in [1.54, 1.807) is 30.3 Å². The first-order chi connectivity index (χ1) is 16.9. The van der Waals surface area contributed by atoms with Crippen LogP contribution in [0.5, 0.6) is 5.75 Å². The minimum atomic E-state index is -3.40. The van der Waals surface area contributed by atoms with Crippen molar-refractivity contribution in [2.75, 3.05) is 39.8 Å². The topological polar surface area (TPSA) is 75.9 Å². The first-order valence-electron chi connectivity index (χ1n) is 11.3. The number of thiophene rings is 1. The molecular formula is C24H22F2N6O2S. The van der Waals surface area contributed by atoms with Gasteiger partial charge in [0.05, 0.1) is 16.4 Å². The molecule has 180 valence electrons. The smallest absolute Gasteiger partial charge is 0.333 e. The summed E-state index contributed by atoms with van der Waals surface area (Å²) < 4.78 is 37.6. The van der Waals surface area contributed by atoms with E-state index in [4.69, 9.17) is 4.74 Å². The third-order valence-electron chi connectivity index (χ3n) is 6.46. The summed E-state index contributed by atoms with van der Waals surface area (Å²) in [7, 11) is 2.04. The Morgan fingerprint density at radius 1 is 1.06 bits per heavy atom. The van der Waals surface area contributed by atoms with Crippen molar-refractivity contribution in [1.82, 2.24) is 29.6 Å². The zero-order valence-electron chi connectivity index (χ0n) is 18.9. The first-order valence-corrected chi connectivity index (χ1v) is 12.2. The lowest BCUT2D eigenvalue weighted by molar-refractivity contribution is 0.0305. The summed E-state index contributed by atoms with van der Waals surface area (Å²) in [5.41, 5.74) is 1.26. The van der Waals surface area contributed by atoms with Gasteiger partial charge in [0.2, 0.25) is 5.82 Å². The van der Waals surface area contributed by atoms with Crippen LogP contribution in [-0.4, -0.2) is 75.4 Å². The number of carbonyl (C=O) groups excluding carboxylic acids is 1. The Morgan fingerprint density at radius 2 is 1.89 bits per heavy atom. The molecular weight excluding hydrogens is 474 g/mol. The molecule has 1 amide bonds. The highest BCUT2D eigenvalue weighted by Gasteiger charge is 2.41. The van der Waals surface area contributed by atoms with Crippen molar-refractivity contribution in [3.8, 4) is 16.3 Å².